The predicted octanol–water partition coefficient (Wildman–Crippen LogP) is 2.58. The highest BCUT2D eigenvalue weighted by Crippen LogP contribution is 2.17. The van der Waals surface area contributed by atoms with Gasteiger partial charge in [0.15, 0.2) is 5.78 Å². The summed E-state index contributed by atoms with van der Waals surface area (Å²) < 4.78 is 13.5. The molecule has 0 spiro atoms. The molecule has 0 radical (unpaired) electrons. The van der Waals surface area contributed by atoms with E-state index < -0.39 is 5.82 Å². The van der Waals surface area contributed by atoms with Crippen molar-refractivity contribution in [3.05, 3.63) is 34.6 Å². The Morgan fingerprint density at radius 1 is 1.64 bits per heavy atom. The second kappa shape index (κ2) is 4.34. The smallest absolute Gasteiger partial charge is 0.176 e. The monoisotopic (exact) mass is 255 g/mol. The maximum Gasteiger partial charge on any atom is 0.176 e. The highest BCUT2D eigenvalue weighted by Gasteiger charge is 2.14. The summed E-state index contributed by atoms with van der Waals surface area (Å²) in [7, 11) is 0. The fourth-order valence-electron chi connectivity index (χ4n) is 1.09. The Hall–Kier alpha value is -1.21. The van der Waals surface area contributed by atoms with Gasteiger partial charge in [0.2, 0.25) is 0 Å². The Balaban J connectivity index is 3.33. The van der Waals surface area contributed by atoms with E-state index in [1.54, 1.807) is 0 Å². The van der Waals surface area contributed by atoms with Crippen LogP contribution in [0.2, 0.25) is 0 Å². The number of ketones is 1. The molecule has 0 atom stereocenters. The second-order valence-electron chi connectivity index (χ2n) is 2.77. The summed E-state index contributed by atoms with van der Waals surface area (Å²) in [6.07, 6.45) is 0. The SMILES string of the molecule is Cc1c(C#N)ccc(C(=O)CBr)c1F. The van der Waals surface area contributed by atoms with Crippen LogP contribution in [0.15, 0.2) is 12.1 Å². The van der Waals surface area contributed by atoms with Crippen molar-refractivity contribution in [3.63, 3.8) is 0 Å². The van der Waals surface area contributed by atoms with Crippen LogP contribution in [0.5, 0.6) is 0 Å². The minimum absolute atomic E-state index is 0.0263. The molecule has 0 aliphatic carbocycles. The zero-order valence-electron chi connectivity index (χ0n) is 7.47. The van der Waals surface area contributed by atoms with Crippen molar-refractivity contribution >= 4 is 21.7 Å². The third-order valence-corrected chi connectivity index (χ3v) is 2.44. The average Bonchev–Trinajstić information content (AvgIpc) is 2.21. The van der Waals surface area contributed by atoms with E-state index >= 15 is 0 Å². The Kier molecular flexibility index (Phi) is 3.37. The standard InChI is InChI=1S/C10H7BrFNO/c1-6-7(5-13)2-3-8(10(6)12)9(14)4-11/h2-3H,4H2,1H3. The number of Topliss-reactive ketones (excluding diaryl/α,β-unsaturated/α-hetero) is 1. The van der Waals surface area contributed by atoms with E-state index in [4.69, 9.17) is 5.26 Å². The summed E-state index contributed by atoms with van der Waals surface area (Å²) in [5.74, 6) is -0.927. The summed E-state index contributed by atoms with van der Waals surface area (Å²) in [4.78, 5) is 11.2. The number of carbonyl (C=O) groups excluding carboxylic acids is 1. The number of hydrogen-bond acceptors (Lipinski definition) is 2. The van der Waals surface area contributed by atoms with Crippen molar-refractivity contribution in [2.75, 3.05) is 5.33 Å². The van der Waals surface area contributed by atoms with Gasteiger partial charge in [-0.25, -0.2) is 4.39 Å². The lowest BCUT2D eigenvalue weighted by Gasteiger charge is -2.04. The number of nitriles is 1. The molecular weight excluding hydrogens is 249 g/mol. The van der Waals surface area contributed by atoms with E-state index in [2.05, 4.69) is 15.9 Å². The van der Waals surface area contributed by atoms with Gasteiger partial charge in [0.05, 0.1) is 22.5 Å². The topological polar surface area (TPSA) is 40.9 Å². The molecule has 14 heavy (non-hydrogen) atoms. The largest absolute Gasteiger partial charge is 0.293 e. The first-order chi connectivity index (χ1) is 6.61. The van der Waals surface area contributed by atoms with Crippen LogP contribution >= 0.6 is 15.9 Å². The summed E-state index contributed by atoms with van der Waals surface area (Å²) in [5, 5.41) is 8.70. The van der Waals surface area contributed by atoms with E-state index in [9.17, 15) is 9.18 Å². The Labute approximate surface area is 89.5 Å². The van der Waals surface area contributed by atoms with Crippen LogP contribution in [0.25, 0.3) is 0 Å². The summed E-state index contributed by atoms with van der Waals surface area (Å²) >= 11 is 2.96. The van der Waals surface area contributed by atoms with Crippen LogP contribution in [0.1, 0.15) is 21.5 Å². The number of carbonyl (C=O) groups is 1. The highest BCUT2D eigenvalue weighted by atomic mass is 79.9. The van der Waals surface area contributed by atoms with E-state index in [0.717, 1.165) is 0 Å². The van der Waals surface area contributed by atoms with Gasteiger partial charge >= 0.3 is 0 Å². The van der Waals surface area contributed by atoms with Crippen LogP contribution < -0.4 is 0 Å². The van der Waals surface area contributed by atoms with E-state index in [1.807, 2.05) is 6.07 Å². The second-order valence-corrected chi connectivity index (χ2v) is 3.33. The third kappa shape index (κ3) is 1.83. The van der Waals surface area contributed by atoms with E-state index in [1.165, 1.54) is 19.1 Å². The molecule has 0 N–H and O–H groups in total. The van der Waals surface area contributed by atoms with E-state index in [-0.39, 0.29) is 27.8 Å². The number of benzene rings is 1. The molecule has 0 aromatic heterocycles. The van der Waals surface area contributed by atoms with Crippen LogP contribution in [0.3, 0.4) is 0 Å². The van der Waals surface area contributed by atoms with Gasteiger partial charge in [0.1, 0.15) is 5.82 Å². The molecule has 0 aliphatic heterocycles. The molecule has 72 valence electrons. The van der Waals surface area contributed by atoms with Gasteiger partial charge in [0.25, 0.3) is 0 Å². The van der Waals surface area contributed by atoms with Crippen molar-refractivity contribution < 1.29 is 9.18 Å². The molecule has 4 heteroatoms. The van der Waals surface area contributed by atoms with Crippen molar-refractivity contribution in [2.45, 2.75) is 6.92 Å². The number of rotatable bonds is 2. The van der Waals surface area contributed by atoms with E-state index in [0.29, 0.717) is 0 Å². The van der Waals surface area contributed by atoms with Crippen molar-refractivity contribution in [1.82, 2.24) is 0 Å². The molecular formula is C10H7BrFNO. The fourth-order valence-corrected chi connectivity index (χ4v) is 1.40. The first kappa shape index (κ1) is 10.9. The lowest BCUT2D eigenvalue weighted by molar-refractivity contribution is 0.102. The van der Waals surface area contributed by atoms with Crippen molar-refractivity contribution in [3.8, 4) is 6.07 Å². The van der Waals surface area contributed by atoms with Gasteiger partial charge in [-0.2, -0.15) is 5.26 Å². The maximum atomic E-state index is 13.5. The lowest BCUT2D eigenvalue weighted by Crippen LogP contribution is -2.05. The summed E-state index contributed by atoms with van der Waals surface area (Å²) in [6.45, 7) is 1.49. The van der Waals surface area contributed by atoms with Crippen molar-refractivity contribution in [2.24, 2.45) is 0 Å². The van der Waals surface area contributed by atoms with Crippen LogP contribution in [-0.2, 0) is 0 Å². The number of hydrogen-bond donors (Lipinski definition) is 0. The van der Waals surface area contributed by atoms with Crippen LogP contribution in [-0.4, -0.2) is 11.1 Å². The Bertz CT molecular complexity index is 423. The molecule has 0 saturated carbocycles. The minimum Gasteiger partial charge on any atom is -0.293 e. The quantitative estimate of drug-likeness (QED) is 0.602. The van der Waals surface area contributed by atoms with Gasteiger partial charge in [-0.3, -0.25) is 4.79 Å². The zero-order chi connectivity index (χ0) is 10.7. The zero-order valence-corrected chi connectivity index (χ0v) is 9.06. The molecule has 0 unspecified atom stereocenters. The molecule has 0 saturated heterocycles. The molecule has 0 fully saturated rings. The molecule has 0 bridgehead atoms. The average molecular weight is 256 g/mol. The molecule has 2 nitrogen and oxygen atoms in total. The first-order valence-corrected chi connectivity index (χ1v) is 5.02. The molecule has 1 rings (SSSR count). The lowest BCUT2D eigenvalue weighted by atomic mass is 10.0. The highest BCUT2D eigenvalue weighted by molar-refractivity contribution is 9.09. The van der Waals surface area contributed by atoms with Gasteiger partial charge in [-0.05, 0) is 19.1 Å². The normalized spacial score (nSPS) is 9.57. The molecule has 1 aromatic rings. The molecule has 1 aromatic carbocycles. The molecule has 0 aliphatic rings. The maximum absolute atomic E-state index is 13.5. The van der Waals surface area contributed by atoms with Crippen LogP contribution in [0.4, 0.5) is 4.39 Å². The predicted molar refractivity (Wildman–Crippen MR) is 54.0 cm³/mol. The van der Waals surface area contributed by atoms with Gasteiger partial charge in [0, 0.05) is 5.56 Å². The van der Waals surface area contributed by atoms with Gasteiger partial charge in [-0.1, -0.05) is 15.9 Å². The minimum atomic E-state index is -0.603. The van der Waals surface area contributed by atoms with Crippen LogP contribution in [0, 0.1) is 24.1 Å². The Morgan fingerprint density at radius 2 is 2.29 bits per heavy atom. The molecule has 0 amide bonds. The van der Waals surface area contributed by atoms with Gasteiger partial charge in [-0.15, -0.1) is 0 Å². The number of nitrogens with zero attached hydrogens (tertiary/aromatic N) is 1. The van der Waals surface area contributed by atoms with Crippen molar-refractivity contribution in [1.29, 1.82) is 5.26 Å². The third-order valence-electron chi connectivity index (χ3n) is 1.93. The Morgan fingerprint density at radius 3 is 2.79 bits per heavy atom. The number of alkyl halides is 1. The fraction of sp³-hybridized carbons (Fsp3) is 0.200. The summed E-state index contributed by atoms with van der Waals surface area (Å²) in [5.41, 5.74) is 0.506. The van der Waals surface area contributed by atoms with Gasteiger partial charge < -0.3 is 0 Å². The number of halogens is 2. The molecule has 0 heterocycles. The summed E-state index contributed by atoms with van der Waals surface area (Å²) in [6, 6.07) is 4.65. The first-order valence-electron chi connectivity index (χ1n) is 3.90.